The van der Waals surface area contributed by atoms with Crippen molar-refractivity contribution in [2.75, 3.05) is 0 Å². The summed E-state index contributed by atoms with van der Waals surface area (Å²) >= 11 is 0. The molecule has 5 rings (SSSR count). The molecule has 0 heterocycles. The van der Waals surface area contributed by atoms with Gasteiger partial charge in [-0.05, 0) is 49.9 Å². The lowest BCUT2D eigenvalue weighted by Gasteiger charge is -2.14. The lowest BCUT2D eigenvalue weighted by molar-refractivity contribution is 1.62. The topological polar surface area (TPSA) is 0 Å². The molecular formula is C26H17. The van der Waals surface area contributed by atoms with E-state index in [1.807, 2.05) is 0 Å². The SMILES string of the molecule is [c]1c(-c2c(-c3ccccc3)ccc3ccccc23)ccc2ccccc12. The van der Waals surface area contributed by atoms with Gasteiger partial charge in [0.2, 0.25) is 0 Å². The highest BCUT2D eigenvalue weighted by Crippen LogP contribution is 2.38. The molecule has 121 valence electrons. The summed E-state index contributed by atoms with van der Waals surface area (Å²) in [5, 5.41) is 4.89. The van der Waals surface area contributed by atoms with Crippen LogP contribution in [0.4, 0.5) is 0 Å². The summed E-state index contributed by atoms with van der Waals surface area (Å²) in [5.74, 6) is 0. The molecule has 5 aromatic rings. The van der Waals surface area contributed by atoms with Crippen molar-refractivity contribution in [3.05, 3.63) is 109 Å². The number of benzene rings is 5. The smallest absolute Gasteiger partial charge is 0.00139 e. The predicted octanol–water partition coefficient (Wildman–Crippen LogP) is 7.13. The van der Waals surface area contributed by atoms with Crippen molar-refractivity contribution in [1.82, 2.24) is 0 Å². The van der Waals surface area contributed by atoms with Crippen LogP contribution in [0, 0.1) is 6.07 Å². The molecule has 0 aliphatic rings. The highest BCUT2D eigenvalue weighted by atomic mass is 14.2. The normalized spacial score (nSPS) is 11.1. The molecule has 0 aliphatic heterocycles. The zero-order valence-electron chi connectivity index (χ0n) is 14.3. The second-order valence-corrected chi connectivity index (χ2v) is 6.53. The number of rotatable bonds is 2. The number of fused-ring (bicyclic) bond motifs is 2. The molecule has 0 saturated carbocycles. The summed E-state index contributed by atoms with van der Waals surface area (Å²) in [6, 6.07) is 40.1. The quantitative estimate of drug-likeness (QED) is 0.323. The first-order chi connectivity index (χ1) is 12.9. The standard InChI is InChI=1S/C26H17/c1-2-9-20(10-3-1)25-17-16-21-11-6-7-13-24(21)26(25)23-15-14-19-8-4-5-12-22(19)18-23/h1-17H. The van der Waals surface area contributed by atoms with E-state index in [0.717, 1.165) is 10.9 Å². The van der Waals surface area contributed by atoms with E-state index in [1.165, 1.54) is 32.8 Å². The first kappa shape index (κ1) is 14.9. The summed E-state index contributed by atoms with van der Waals surface area (Å²) < 4.78 is 0. The first-order valence-electron chi connectivity index (χ1n) is 8.89. The number of hydrogen-bond acceptors (Lipinski definition) is 0. The van der Waals surface area contributed by atoms with Crippen LogP contribution in [0.3, 0.4) is 0 Å². The zero-order valence-corrected chi connectivity index (χ0v) is 14.3. The third-order valence-electron chi connectivity index (χ3n) is 4.94. The third-order valence-corrected chi connectivity index (χ3v) is 4.94. The lowest BCUT2D eigenvalue weighted by atomic mass is 9.89. The van der Waals surface area contributed by atoms with Crippen LogP contribution in [-0.2, 0) is 0 Å². The van der Waals surface area contributed by atoms with Crippen molar-refractivity contribution in [1.29, 1.82) is 0 Å². The highest BCUT2D eigenvalue weighted by molar-refractivity contribution is 6.05. The van der Waals surface area contributed by atoms with E-state index in [4.69, 9.17) is 0 Å². The summed E-state index contributed by atoms with van der Waals surface area (Å²) in [5.41, 5.74) is 4.87. The van der Waals surface area contributed by atoms with E-state index < -0.39 is 0 Å². The Bertz CT molecular complexity index is 1220. The van der Waals surface area contributed by atoms with Crippen LogP contribution in [0.5, 0.6) is 0 Å². The average Bonchev–Trinajstić information content (AvgIpc) is 2.73. The molecule has 0 aliphatic carbocycles. The second kappa shape index (κ2) is 6.16. The molecule has 5 aromatic carbocycles. The van der Waals surface area contributed by atoms with Gasteiger partial charge in [-0.25, -0.2) is 0 Å². The zero-order chi connectivity index (χ0) is 17.3. The van der Waals surface area contributed by atoms with Crippen LogP contribution < -0.4 is 0 Å². The minimum Gasteiger partial charge on any atom is -0.0622 e. The Morgan fingerprint density at radius 1 is 0.500 bits per heavy atom. The molecule has 0 bridgehead atoms. The Kier molecular flexibility index (Phi) is 3.54. The van der Waals surface area contributed by atoms with Crippen molar-refractivity contribution >= 4 is 21.5 Å². The molecule has 0 amide bonds. The van der Waals surface area contributed by atoms with Crippen molar-refractivity contribution in [2.24, 2.45) is 0 Å². The van der Waals surface area contributed by atoms with Crippen LogP contribution in [0.2, 0.25) is 0 Å². The molecule has 1 radical (unpaired) electrons. The van der Waals surface area contributed by atoms with Crippen LogP contribution in [0.15, 0.2) is 103 Å². The summed E-state index contributed by atoms with van der Waals surface area (Å²) in [6.45, 7) is 0. The van der Waals surface area contributed by atoms with Crippen molar-refractivity contribution in [2.45, 2.75) is 0 Å². The van der Waals surface area contributed by atoms with Crippen molar-refractivity contribution in [3.8, 4) is 22.3 Å². The largest absolute Gasteiger partial charge is 0.0622 e. The second-order valence-electron chi connectivity index (χ2n) is 6.53. The van der Waals surface area contributed by atoms with Gasteiger partial charge in [0.1, 0.15) is 0 Å². The molecule has 0 fully saturated rings. The van der Waals surface area contributed by atoms with Gasteiger partial charge >= 0.3 is 0 Å². The Hall–Kier alpha value is -3.38. The Balaban J connectivity index is 1.86. The summed E-state index contributed by atoms with van der Waals surface area (Å²) in [7, 11) is 0. The molecule has 0 atom stereocenters. The first-order valence-corrected chi connectivity index (χ1v) is 8.89. The van der Waals surface area contributed by atoms with E-state index in [9.17, 15) is 0 Å². The van der Waals surface area contributed by atoms with Gasteiger partial charge in [0.15, 0.2) is 0 Å². The van der Waals surface area contributed by atoms with Gasteiger partial charge in [0, 0.05) is 0 Å². The van der Waals surface area contributed by atoms with Crippen molar-refractivity contribution in [3.63, 3.8) is 0 Å². The third kappa shape index (κ3) is 2.48. The molecule has 26 heavy (non-hydrogen) atoms. The van der Waals surface area contributed by atoms with Gasteiger partial charge < -0.3 is 0 Å². The molecule has 0 N–H and O–H groups in total. The Labute approximate surface area is 153 Å². The van der Waals surface area contributed by atoms with E-state index in [2.05, 4.69) is 109 Å². The minimum atomic E-state index is 1.14. The molecule has 0 saturated heterocycles. The van der Waals surface area contributed by atoms with Gasteiger partial charge in [0.25, 0.3) is 0 Å². The fourth-order valence-corrected chi connectivity index (χ4v) is 3.68. The average molecular weight is 329 g/mol. The Morgan fingerprint density at radius 2 is 1.19 bits per heavy atom. The summed E-state index contributed by atoms with van der Waals surface area (Å²) in [4.78, 5) is 0. The molecule has 0 heteroatoms. The molecule has 0 aromatic heterocycles. The fraction of sp³-hybridized carbons (Fsp3) is 0. The minimum absolute atomic E-state index is 1.14. The van der Waals surface area contributed by atoms with Gasteiger partial charge in [-0.1, -0.05) is 103 Å². The fourth-order valence-electron chi connectivity index (χ4n) is 3.68. The number of hydrogen-bond donors (Lipinski definition) is 0. The maximum absolute atomic E-state index is 3.65. The van der Waals surface area contributed by atoms with Gasteiger partial charge in [-0.15, -0.1) is 0 Å². The highest BCUT2D eigenvalue weighted by Gasteiger charge is 2.12. The summed E-state index contributed by atoms with van der Waals surface area (Å²) in [6.07, 6.45) is 0. The van der Waals surface area contributed by atoms with Gasteiger partial charge in [0.05, 0.1) is 0 Å². The van der Waals surface area contributed by atoms with Gasteiger partial charge in [-0.3, -0.25) is 0 Å². The molecule has 0 nitrogen and oxygen atoms in total. The van der Waals surface area contributed by atoms with Crippen LogP contribution in [-0.4, -0.2) is 0 Å². The van der Waals surface area contributed by atoms with Crippen LogP contribution >= 0.6 is 0 Å². The van der Waals surface area contributed by atoms with Crippen molar-refractivity contribution < 1.29 is 0 Å². The van der Waals surface area contributed by atoms with E-state index in [1.54, 1.807) is 0 Å². The molecule has 0 spiro atoms. The molecular weight excluding hydrogens is 312 g/mol. The van der Waals surface area contributed by atoms with E-state index in [-0.39, 0.29) is 0 Å². The van der Waals surface area contributed by atoms with Crippen LogP contribution in [0.25, 0.3) is 43.8 Å². The Morgan fingerprint density at radius 3 is 2.08 bits per heavy atom. The van der Waals surface area contributed by atoms with E-state index in [0.29, 0.717) is 0 Å². The van der Waals surface area contributed by atoms with Crippen LogP contribution in [0.1, 0.15) is 0 Å². The predicted molar refractivity (Wildman–Crippen MR) is 111 cm³/mol. The molecule has 0 unspecified atom stereocenters. The maximum Gasteiger partial charge on any atom is -0.00139 e. The van der Waals surface area contributed by atoms with Gasteiger partial charge in [-0.2, -0.15) is 0 Å². The lowest BCUT2D eigenvalue weighted by Crippen LogP contribution is -1.88. The maximum atomic E-state index is 3.65. The monoisotopic (exact) mass is 329 g/mol. The van der Waals surface area contributed by atoms with E-state index >= 15 is 0 Å².